The Morgan fingerprint density at radius 3 is 2.81 bits per heavy atom. The molecule has 0 aromatic rings. The van der Waals surface area contributed by atoms with E-state index in [-0.39, 0.29) is 11.9 Å². The van der Waals surface area contributed by atoms with E-state index < -0.39 is 0 Å². The van der Waals surface area contributed by atoms with Gasteiger partial charge in [-0.3, -0.25) is 4.79 Å². The van der Waals surface area contributed by atoms with E-state index in [1.54, 1.807) is 12.2 Å². The van der Waals surface area contributed by atoms with Crippen LogP contribution in [0.15, 0.2) is 24.3 Å². The van der Waals surface area contributed by atoms with Crippen LogP contribution in [0.1, 0.15) is 6.92 Å². The largest absolute Gasteiger partial charge is 0.332 e. The minimum absolute atomic E-state index is 0.0571. The van der Waals surface area contributed by atoms with Crippen molar-refractivity contribution >= 4 is 5.91 Å². The summed E-state index contributed by atoms with van der Waals surface area (Å²) in [6.45, 7) is 4.98. The molecule has 0 spiro atoms. The Labute approximate surface area is 97.4 Å². The molecule has 1 heterocycles. The van der Waals surface area contributed by atoms with Gasteiger partial charge in [0.15, 0.2) is 0 Å². The van der Waals surface area contributed by atoms with Crippen LogP contribution in [0, 0.1) is 0 Å². The zero-order valence-electron chi connectivity index (χ0n) is 10.1. The third-order valence-corrected chi connectivity index (χ3v) is 2.78. The van der Waals surface area contributed by atoms with Crippen molar-refractivity contribution in [3.63, 3.8) is 0 Å². The maximum atomic E-state index is 11.9. The van der Waals surface area contributed by atoms with Gasteiger partial charge in [0.05, 0.1) is 6.04 Å². The number of rotatable bonds is 3. The van der Waals surface area contributed by atoms with Crippen LogP contribution in [-0.4, -0.2) is 55.0 Å². The number of allylic oxidation sites excluding steroid dienone is 3. The summed E-state index contributed by atoms with van der Waals surface area (Å²) in [5.74, 6) is 0.0571. The molecule has 0 radical (unpaired) electrons. The number of piperazine rings is 1. The molecule has 1 unspecified atom stereocenters. The minimum atomic E-state index is 0.0571. The monoisotopic (exact) mass is 223 g/mol. The van der Waals surface area contributed by atoms with Gasteiger partial charge in [-0.2, -0.15) is 0 Å². The van der Waals surface area contributed by atoms with Crippen LogP contribution in [0.3, 0.4) is 0 Å². The number of amides is 1. The molecule has 0 aliphatic carbocycles. The van der Waals surface area contributed by atoms with Gasteiger partial charge in [0.2, 0.25) is 5.91 Å². The molecule has 2 N–H and O–H groups in total. The molecule has 0 saturated carbocycles. The van der Waals surface area contributed by atoms with E-state index in [1.165, 1.54) is 0 Å². The standard InChI is InChI=1S/C12H21N3O/c1-3-4-5-6-12(16)15-8-7-14(2)10-11(15)9-13/h3-6,11H,7-10,13H2,1-2H3/b4-3+,6-5?. The molecule has 1 atom stereocenters. The van der Waals surface area contributed by atoms with Gasteiger partial charge in [0.1, 0.15) is 0 Å². The van der Waals surface area contributed by atoms with Crippen molar-refractivity contribution in [2.24, 2.45) is 5.73 Å². The van der Waals surface area contributed by atoms with E-state index in [4.69, 9.17) is 5.73 Å². The van der Waals surface area contributed by atoms with E-state index in [9.17, 15) is 4.79 Å². The highest BCUT2D eigenvalue weighted by atomic mass is 16.2. The molecule has 4 heteroatoms. The summed E-state index contributed by atoms with van der Waals surface area (Å²) in [4.78, 5) is 15.9. The molecule has 1 saturated heterocycles. The maximum absolute atomic E-state index is 11.9. The second kappa shape index (κ2) is 6.45. The summed E-state index contributed by atoms with van der Waals surface area (Å²) in [7, 11) is 2.06. The fraction of sp³-hybridized carbons (Fsp3) is 0.583. The first-order chi connectivity index (χ1) is 7.69. The van der Waals surface area contributed by atoms with Gasteiger partial charge in [-0.25, -0.2) is 0 Å². The molecule has 1 fully saturated rings. The number of carbonyl (C=O) groups excluding carboxylic acids is 1. The van der Waals surface area contributed by atoms with Crippen LogP contribution < -0.4 is 5.73 Å². The molecule has 0 aromatic carbocycles. The highest BCUT2D eigenvalue weighted by molar-refractivity contribution is 5.88. The van der Waals surface area contributed by atoms with Crippen LogP contribution in [-0.2, 0) is 4.79 Å². The average molecular weight is 223 g/mol. The number of hydrogen-bond donors (Lipinski definition) is 1. The summed E-state index contributed by atoms with van der Waals surface area (Å²) in [6.07, 6.45) is 7.13. The van der Waals surface area contributed by atoms with E-state index in [1.807, 2.05) is 24.0 Å². The lowest BCUT2D eigenvalue weighted by Gasteiger charge is -2.39. The minimum Gasteiger partial charge on any atom is -0.332 e. The van der Waals surface area contributed by atoms with Gasteiger partial charge in [-0.15, -0.1) is 0 Å². The highest BCUT2D eigenvalue weighted by Gasteiger charge is 2.26. The van der Waals surface area contributed by atoms with Crippen LogP contribution in [0.25, 0.3) is 0 Å². The molecule has 1 aliphatic rings. The van der Waals surface area contributed by atoms with Crippen molar-refractivity contribution in [3.05, 3.63) is 24.3 Å². The Kier molecular flexibility index (Phi) is 5.22. The van der Waals surface area contributed by atoms with E-state index in [2.05, 4.69) is 11.9 Å². The summed E-state index contributed by atoms with van der Waals surface area (Å²) < 4.78 is 0. The van der Waals surface area contributed by atoms with Crippen LogP contribution >= 0.6 is 0 Å². The van der Waals surface area contributed by atoms with Crippen molar-refractivity contribution < 1.29 is 4.79 Å². The van der Waals surface area contributed by atoms with Gasteiger partial charge in [-0.1, -0.05) is 18.2 Å². The van der Waals surface area contributed by atoms with Crippen molar-refractivity contribution in [2.45, 2.75) is 13.0 Å². The molecule has 1 amide bonds. The quantitative estimate of drug-likeness (QED) is 0.550. The number of hydrogen-bond acceptors (Lipinski definition) is 3. The SMILES string of the molecule is C/C=C/C=CC(=O)N1CCN(C)CC1CN. The Morgan fingerprint density at radius 1 is 1.44 bits per heavy atom. The molecule has 0 bridgehead atoms. The van der Waals surface area contributed by atoms with Gasteiger partial charge in [0, 0.05) is 32.3 Å². The molecule has 0 aromatic heterocycles. The first kappa shape index (κ1) is 12.9. The zero-order chi connectivity index (χ0) is 12.0. The van der Waals surface area contributed by atoms with E-state index in [0.717, 1.165) is 19.6 Å². The van der Waals surface area contributed by atoms with Crippen molar-refractivity contribution in [1.29, 1.82) is 0 Å². The summed E-state index contributed by atoms with van der Waals surface area (Å²) >= 11 is 0. The van der Waals surface area contributed by atoms with Gasteiger partial charge in [-0.05, 0) is 14.0 Å². The van der Waals surface area contributed by atoms with E-state index in [0.29, 0.717) is 6.54 Å². The fourth-order valence-electron chi connectivity index (χ4n) is 1.85. The summed E-state index contributed by atoms with van der Waals surface area (Å²) in [6, 6.07) is 0.140. The Morgan fingerprint density at radius 2 is 2.19 bits per heavy atom. The first-order valence-corrected chi connectivity index (χ1v) is 5.67. The average Bonchev–Trinajstić information content (AvgIpc) is 2.29. The topological polar surface area (TPSA) is 49.6 Å². The third-order valence-electron chi connectivity index (χ3n) is 2.78. The van der Waals surface area contributed by atoms with Crippen LogP contribution in [0.4, 0.5) is 0 Å². The maximum Gasteiger partial charge on any atom is 0.246 e. The number of nitrogens with zero attached hydrogens (tertiary/aromatic N) is 2. The van der Waals surface area contributed by atoms with Crippen molar-refractivity contribution in [2.75, 3.05) is 33.2 Å². The molecule has 90 valence electrons. The predicted octanol–water partition coefficient (Wildman–Crippen LogP) is 0.220. The predicted molar refractivity (Wildman–Crippen MR) is 66.0 cm³/mol. The van der Waals surface area contributed by atoms with Crippen LogP contribution in [0.2, 0.25) is 0 Å². The van der Waals surface area contributed by atoms with Crippen LogP contribution in [0.5, 0.6) is 0 Å². The molecule has 1 aliphatic heterocycles. The summed E-state index contributed by atoms with van der Waals surface area (Å²) in [5.41, 5.74) is 5.69. The van der Waals surface area contributed by atoms with Crippen molar-refractivity contribution in [3.8, 4) is 0 Å². The second-order valence-electron chi connectivity index (χ2n) is 4.07. The number of carbonyl (C=O) groups is 1. The zero-order valence-corrected chi connectivity index (χ0v) is 10.1. The van der Waals surface area contributed by atoms with E-state index >= 15 is 0 Å². The Bertz CT molecular complexity index is 286. The lowest BCUT2D eigenvalue weighted by atomic mass is 10.1. The second-order valence-corrected chi connectivity index (χ2v) is 4.07. The molecule has 4 nitrogen and oxygen atoms in total. The molecular formula is C12H21N3O. The van der Waals surface area contributed by atoms with Crippen molar-refractivity contribution in [1.82, 2.24) is 9.80 Å². The first-order valence-electron chi connectivity index (χ1n) is 5.67. The third kappa shape index (κ3) is 3.47. The lowest BCUT2D eigenvalue weighted by molar-refractivity contribution is -0.130. The molecule has 1 rings (SSSR count). The highest BCUT2D eigenvalue weighted by Crippen LogP contribution is 2.08. The molecule has 16 heavy (non-hydrogen) atoms. The normalized spacial score (nSPS) is 23.4. The lowest BCUT2D eigenvalue weighted by Crippen LogP contribution is -2.56. The number of likely N-dealkylation sites (N-methyl/N-ethyl adjacent to an activating group) is 1. The number of nitrogens with two attached hydrogens (primary N) is 1. The van der Waals surface area contributed by atoms with Gasteiger partial charge in [0.25, 0.3) is 0 Å². The van der Waals surface area contributed by atoms with Gasteiger partial charge >= 0.3 is 0 Å². The Hall–Kier alpha value is -1.13. The Balaban J connectivity index is 2.60. The fourth-order valence-corrected chi connectivity index (χ4v) is 1.85. The summed E-state index contributed by atoms with van der Waals surface area (Å²) in [5, 5.41) is 0. The smallest absolute Gasteiger partial charge is 0.246 e. The molecular weight excluding hydrogens is 202 g/mol. The van der Waals surface area contributed by atoms with Gasteiger partial charge < -0.3 is 15.5 Å².